The van der Waals surface area contributed by atoms with Gasteiger partial charge in [0.1, 0.15) is 11.5 Å². The molecule has 1 saturated carbocycles. The third kappa shape index (κ3) is 3.48. The molecular weight excluding hydrogens is 359 g/mol. The van der Waals surface area contributed by atoms with E-state index in [1.54, 1.807) is 30.2 Å². The van der Waals surface area contributed by atoms with E-state index in [1.165, 1.54) is 18.3 Å². The van der Waals surface area contributed by atoms with Crippen molar-refractivity contribution in [3.63, 3.8) is 0 Å². The van der Waals surface area contributed by atoms with Crippen LogP contribution >= 0.6 is 0 Å². The molecule has 2 aromatic rings. The summed E-state index contributed by atoms with van der Waals surface area (Å²) in [6.45, 7) is 2.36. The average molecular weight is 382 g/mol. The van der Waals surface area contributed by atoms with E-state index < -0.39 is 5.41 Å². The maximum atomic E-state index is 13.6. The van der Waals surface area contributed by atoms with Crippen LogP contribution in [0.5, 0.6) is 0 Å². The number of aryl methyl sites for hydroxylation is 1. The summed E-state index contributed by atoms with van der Waals surface area (Å²) in [6.07, 6.45) is 6.88. The van der Waals surface area contributed by atoms with Gasteiger partial charge >= 0.3 is 0 Å². The van der Waals surface area contributed by atoms with Gasteiger partial charge in [-0.25, -0.2) is 9.37 Å². The Morgan fingerprint density at radius 1 is 1.32 bits per heavy atom. The lowest BCUT2D eigenvalue weighted by Crippen LogP contribution is -2.46. The molecule has 1 aromatic heterocycles. The van der Waals surface area contributed by atoms with E-state index in [4.69, 9.17) is 0 Å². The van der Waals surface area contributed by atoms with Gasteiger partial charge in [0.25, 0.3) is 5.91 Å². The average Bonchev–Trinajstić information content (AvgIpc) is 2.97. The number of carbonyl (C=O) groups excluding carboxylic acids is 2. The van der Waals surface area contributed by atoms with Crippen molar-refractivity contribution in [2.24, 2.45) is 5.41 Å². The highest BCUT2D eigenvalue weighted by Gasteiger charge is 2.49. The summed E-state index contributed by atoms with van der Waals surface area (Å²) in [5, 5.41) is 3.03. The van der Waals surface area contributed by atoms with Gasteiger partial charge in [-0.2, -0.15) is 0 Å². The lowest BCUT2D eigenvalue weighted by Gasteiger charge is -2.36. The largest absolute Gasteiger partial charge is 0.348 e. The van der Waals surface area contributed by atoms with Gasteiger partial charge in [-0.3, -0.25) is 14.6 Å². The summed E-state index contributed by atoms with van der Waals surface area (Å²) in [5.41, 5.74) is 1.09. The van der Waals surface area contributed by atoms with Gasteiger partial charge in [-0.05, 0) is 50.8 Å². The van der Waals surface area contributed by atoms with Gasteiger partial charge in [0.2, 0.25) is 5.91 Å². The summed E-state index contributed by atoms with van der Waals surface area (Å²) in [5.74, 6) is -0.572. The van der Waals surface area contributed by atoms with E-state index in [1.807, 2.05) is 0 Å². The number of hydrogen-bond donors (Lipinski definition) is 1. The molecule has 146 valence electrons. The van der Waals surface area contributed by atoms with Gasteiger partial charge in [-0.1, -0.05) is 12.5 Å². The quantitative estimate of drug-likeness (QED) is 0.885. The Balaban J connectivity index is 1.47. The number of rotatable bonds is 3. The standard InChI is InChI=1S/C21H23FN4O2/c1-14-12-23-13-18(24-14)19(27)25-16-5-3-7-21(11-16)8-9-26(20(21)28)17-6-2-4-15(22)10-17/h2,4,6,10,12-13,16H,3,5,7-9,11H2,1H3,(H,25,27)/t16-,21+/m1/s1. The Kier molecular flexibility index (Phi) is 4.83. The van der Waals surface area contributed by atoms with Crippen molar-refractivity contribution in [3.05, 3.63) is 53.9 Å². The predicted octanol–water partition coefficient (Wildman–Crippen LogP) is 3.02. The molecule has 2 atom stereocenters. The van der Waals surface area contributed by atoms with Crippen molar-refractivity contribution in [1.29, 1.82) is 0 Å². The van der Waals surface area contributed by atoms with Gasteiger partial charge < -0.3 is 10.2 Å². The first-order valence-electron chi connectivity index (χ1n) is 9.64. The summed E-state index contributed by atoms with van der Waals surface area (Å²) in [4.78, 5) is 35.6. The maximum Gasteiger partial charge on any atom is 0.271 e. The fourth-order valence-corrected chi connectivity index (χ4v) is 4.45. The third-order valence-corrected chi connectivity index (χ3v) is 5.80. The van der Waals surface area contributed by atoms with Crippen LogP contribution in [-0.4, -0.2) is 34.4 Å². The maximum absolute atomic E-state index is 13.6. The minimum absolute atomic E-state index is 0.0346. The van der Waals surface area contributed by atoms with Gasteiger partial charge in [0, 0.05) is 24.5 Å². The third-order valence-electron chi connectivity index (χ3n) is 5.80. The molecule has 4 rings (SSSR count). The highest BCUT2D eigenvalue weighted by atomic mass is 19.1. The topological polar surface area (TPSA) is 75.2 Å². The second kappa shape index (κ2) is 7.30. The van der Waals surface area contributed by atoms with Crippen LogP contribution in [0.2, 0.25) is 0 Å². The lowest BCUT2D eigenvalue weighted by atomic mass is 9.71. The number of nitrogens with zero attached hydrogens (tertiary/aromatic N) is 3. The number of hydrogen-bond acceptors (Lipinski definition) is 4. The van der Waals surface area contributed by atoms with Crippen LogP contribution in [0.1, 0.15) is 48.3 Å². The number of halogens is 1. The Bertz CT molecular complexity index is 919. The zero-order chi connectivity index (χ0) is 19.7. The van der Waals surface area contributed by atoms with Gasteiger partial charge in [-0.15, -0.1) is 0 Å². The first-order valence-corrected chi connectivity index (χ1v) is 9.64. The molecule has 0 unspecified atom stereocenters. The molecule has 0 bridgehead atoms. The number of anilines is 1. The monoisotopic (exact) mass is 382 g/mol. The van der Waals surface area contributed by atoms with E-state index in [2.05, 4.69) is 15.3 Å². The van der Waals surface area contributed by atoms with Gasteiger partial charge in [0.15, 0.2) is 0 Å². The highest BCUT2D eigenvalue weighted by Crippen LogP contribution is 2.46. The van der Waals surface area contributed by atoms with Crippen molar-refractivity contribution in [3.8, 4) is 0 Å². The number of aromatic nitrogens is 2. The fraction of sp³-hybridized carbons (Fsp3) is 0.429. The molecule has 2 fully saturated rings. The molecule has 1 spiro atoms. The normalized spacial score (nSPS) is 24.6. The van der Waals surface area contributed by atoms with Crippen LogP contribution in [0.4, 0.5) is 10.1 Å². The van der Waals surface area contributed by atoms with Crippen LogP contribution < -0.4 is 10.2 Å². The first kappa shape index (κ1) is 18.5. The number of nitrogens with one attached hydrogen (secondary N) is 1. The Morgan fingerprint density at radius 3 is 2.96 bits per heavy atom. The van der Waals surface area contributed by atoms with E-state index in [0.717, 1.165) is 25.7 Å². The molecular formula is C21H23FN4O2. The van der Waals surface area contributed by atoms with Crippen LogP contribution in [0, 0.1) is 18.2 Å². The molecule has 2 heterocycles. The van der Waals surface area contributed by atoms with E-state index in [0.29, 0.717) is 30.0 Å². The molecule has 2 amide bonds. The predicted molar refractivity (Wildman–Crippen MR) is 102 cm³/mol. The molecule has 7 heteroatoms. The summed E-state index contributed by atoms with van der Waals surface area (Å²) in [6, 6.07) is 6.07. The van der Waals surface area contributed by atoms with Crippen molar-refractivity contribution >= 4 is 17.5 Å². The molecule has 1 aliphatic carbocycles. The molecule has 1 saturated heterocycles. The molecule has 28 heavy (non-hydrogen) atoms. The molecule has 1 N–H and O–H groups in total. The summed E-state index contributed by atoms with van der Waals surface area (Å²) >= 11 is 0. The van der Waals surface area contributed by atoms with Crippen LogP contribution in [0.3, 0.4) is 0 Å². The molecule has 0 radical (unpaired) electrons. The summed E-state index contributed by atoms with van der Waals surface area (Å²) in [7, 11) is 0. The zero-order valence-electron chi connectivity index (χ0n) is 15.8. The molecule has 1 aliphatic heterocycles. The van der Waals surface area contributed by atoms with Crippen molar-refractivity contribution in [2.75, 3.05) is 11.4 Å². The van der Waals surface area contributed by atoms with Crippen LogP contribution in [-0.2, 0) is 4.79 Å². The number of amides is 2. The summed E-state index contributed by atoms with van der Waals surface area (Å²) < 4.78 is 13.6. The fourth-order valence-electron chi connectivity index (χ4n) is 4.45. The Morgan fingerprint density at radius 2 is 2.18 bits per heavy atom. The second-order valence-corrected chi connectivity index (χ2v) is 7.78. The van der Waals surface area contributed by atoms with Crippen LogP contribution in [0.25, 0.3) is 0 Å². The molecule has 1 aromatic carbocycles. The Hall–Kier alpha value is -2.83. The minimum atomic E-state index is -0.485. The van der Waals surface area contributed by atoms with Crippen LogP contribution in [0.15, 0.2) is 36.7 Å². The number of benzene rings is 1. The lowest BCUT2D eigenvalue weighted by molar-refractivity contribution is -0.127. The van der Waals surface area contributed by atoms with E-state index in [9.17, 15) is 14.0 Å². The Labute approximate surface area is 163 Å². The zero-order valence-corrected chi connectivity index (χ0v) is 15.8. The van der Waals surface area contributed by atoms with Gasteiger partial charge in [0.05, 0.1) is 17.3 Å². The molecule has 2 aliphatic rings. The van der Waals surface area contributed by atoms with E-state index in [-0.39, 0.29) is 23.7 Å². The number of carbonyl (C=O) groups is 2. The van der Waals surface area contributed by atoms with E-state index >= 15 is 0 Å². The van der Waals surface area contributed by atoms with Crippen molar-refractivity contribution in [1.82, 2.24) is 15.3 Å². The first-order chi connectivity index (χ1) is 13.5. The second-order valence-electron chi connectivity index (χ2n) is 7.78. The smallest absolute Gasteiger partial charge is 0.271 e. The highest BCUT2D eigenvalue weighted by molar-refractivity contribution is 6.00. The van der Waals surface area contributed by atoms with Crippen molar-refractivity contribution < 1.29 is 14.0 Å². The minimum Gasteiger partial charge on any atom is -0.348 e. The molecule has 6 nitrogen and oxygen atoms in total. The SMILES string of the molecule is Cc1cncc(C(=O)N[C@@H]2CCC[C@]3(CCN(c4cccc(F)c4)C3=O)C2)n1. The van der Waals surface area contributed by atoms with Crippen molar-refractivity contribution in [2.45, 2.75) is 45.1 Å².